The Morgan fingerprint density at radius 3 is 0.907 bits per heavy atom. The first-order chi connectivity index (χ1) is 20.7. The molecule has 224 valence electrons. The Morgan fingerprint density at radius 1 is 0.419 bits per heavy atom. The van der Waals surface area contributed by atoms with E-state index in [9.17, 15) is 0 Å². The number of rotatable bonds is 16. The number of hydrogen-bond acceptors (Lipinski definition) is 5. The van der Waals surface area contributed by atoms with Crippen LogP contribution in [-0.4, -0.2) is 53.8 Å². The Labute approximate surface area is 266 Å². The Kier molecular flexibility index (Phi) is 12.4. The Hall–Kier alpha value is -2.54. The van der Waals surface area contributed by atoms with Crippen LogP contribution < -0.4 is 20.7 Å². The molecule has 0 bridgehead atoms. The van der Waals surface area contributed by atoms with E-state index in [0.29, 0.717) is 0 Å². The molecule has 5 nitrogen and oxygen atoms in total. The molecule has 4 atom stereocenters. The molecule has 43 heavy (non-hydrogen) atoms. The van der Waals surface area contributed by atoms with E-state index in [2.05, 4.69) is 87.9 Å². The van der Waals surface area contributed by atoms with E-state index in [-0.39, 0.29) is 0 Å². The summed E-state index contributed by atoms with van der Waals surface area (Å²) in [5, 5.41) is 4.27. The zero-order valence-electron chi connectivity index (χ0n) is 25.5. The summed E-state index contributed by atoms with van der Waals surface area (Å²) in [7, 11) is -14.2. The summed E-state index contributed by atoms with van der Waals surface area (Å²) < 4.78 is 34.8. The van der Waals surface area contributed by atoms with Crippen LogP contribution in [0, 0.1) is 0 Å². The maximum atomic E-state index is 7.14. The van der Waals surface area contributed by atoms with Gasteiger partial charge in [0.25, 0.3) is 0 Å². The van der Waals surface area contributed by atoms with Crippen LogP contribution in [0.4, 0.5) is 0 Å². The number of benzene rings is 4. The topological polar surface area (TPSA) is 46.2 Å². The van der Waals surface area contributed by atoms with Gasteiger partial charge in [-0.1, -0.05) is 133 Å². The second-order valence-electron chi connectivity index (χ2n) is 11.2. The van der Waals surface area contributed by atoms with Gasteiger partial charge < -0.3 is 20.6 Å². The fourth-order valence-corrected chi connectivity index (χ4v) is 22.1. The molecule has 0 radical (unpaired) electrons. The first-order valence-corrected chi connectivity index (χ1v) is 26.5. The second-order valence-corrected chi connectivity index (χ2v) is 28.9. The standard InChI is InChI=1S/C32H42O5Si6/c1-7-42(3,4)36-40(31-25-17-11-18-26-31)34-38(29-21-13-9-14-22-29)33-39(30-23-15-10-16-24-30)35-41(37-43(5,6)8-2)32-27-19-12-20-28-32/h7-28,38-41H,1-2H2,3-6H3. The van der Waals surface area contributed by atoms with Crippen molar-refractivity contribution in [2.75, 3.05) is 0 Å². The number of hydrogen-bond donors (Lipinski definition) is 0. The first kappa shape index (κ1) is 33.4. The lowest BCUT2D eigenvalue weighted by molar-refractivity contribution is 0.348. The molecule has 0 aliphatic heterocycles. The van der Waals surface area contributed by atoms with Crippen molar-refractivity contribution in [3.8, 4) is 0 Å². The summed E-state index contributed by atoms with van der Waals surface area (Å²) in [5.41, 5.74) is 3.92. The lowest BCUT2D eigenvalue weighted by atomic mass is 10.4. The summed E-state index contributed by atoms with van der Waals surface area (Å²) in [6, 6.07) is 41.1. The summed E-state index contributed by atoms with van der Waals surface area (Å²) in [5.74, 6) is 0. The van der Waals surface area contributed by atoms with E-state index < -0.39 is 53.8 Å². The minimum Gasteiger partial charge on any atom is -0.432 e. The predicted octanol–water partition coefficient (Wildman–Crippen LogP) is 3.44. The first-order valence-electron chi connectivity index (χ1n) is 14.5. The quantitative estimate of drug-likeness (QED) is 0.171. The Balaban J connectivity index is 1.74. The fourth-order valence-electron chi connectivity index (χ4n) is 4.15. The van der Waals surface area contributed by atoms with Crippen molar-refractivity contribution < 1.29 is 20.6 Å². The zero-order chi connectivity index (χ0) is 30.7. The van der Waals surface area contributed by atoms with Crippen LogP contribution in [0.1, 0.15) is 0 Å². The average Bonchev–Trinajstić information content (AvgIpc) is 3.04. The van der Waals surface area contributed by atoms with Crippen LogP contribution in [0.5, 0.6) is 0 Å². The molecule has 0 aromatic heterocycles. The maximum absolute atomic E-state index is 7.14. The van der Waals surface area contributed by atoms with Crippen molar-refractivity contribution in [3.63, 3.8) is 0 Å². The molecule has 4 unspecified atom stereocenters. The fraction of sp³-hybridized carbons (Fsp3) is 0.125. The predicted molar refractivity (Wildman–Crippen MR) is 194 cm³/mol. The van der Waals surface area contributed by atoms with Gasteiger partial charge in [0, 0.05) is 0 Å². The minimum atomic E-state index is -2.54. The normalized spacial score (nSPS) is 14.8. The molecule has 0 aliphatic carbocycles. The van der Waals surface area contributed by atoms with E-state index in [1.165, 1.54) is 0 Å². The third-order valence-corrected chi connectivity index (χ3v) is 25.0. The van der Waals surface area contributed by atoms with Gasteiger partial charge in [0.15, 0.2) is 16.6 Å². The van der Waals surface area contributed by atoms with Crippen LogP contribution in [0.15, 0.2) is 146 Å². The molecule has 0 saturated carbocycles. The largest absolute Gasteiger partial charge is 0.432 e. The smallest absolute Gasteiger partial charge is 0.338 e. The summed E-state index contributed by atoms with van der Waals surface area (Å²) in [4.78, 5) is 0. The molecule has 11 heteroatoms. The highest BCUT2D eigenvalue weighted by molar-refractivity contribution is 6.89. The molecule has 0 fully saturated rings. The highest BCUT2D eigenvalue weighted by Gasteiger charge is 2.36. The molecule has 0 spiro atoms. The van der Waals surface area contributed by atoms with Crippen molar-refractivity contribution in [2.45, 2.75) is 26.2 Å². The van der Waals surface area contributed by atoms with Crippen LogP contribution in [0.3, 0.4) is 0 Å². The van der Waals surface area contributed by atoms with Gasteiger partial charge in [-0.2, -0.15) is 0 Å². The molecule has 0 N–H and O–H groups in total. The molecule has 4 aromatic carbocycles. The third kappa shape index (κ3) is 10.3. The van der Waals surface area contributed by atoms with Gasteiger partial charge in [-0.15, -0.1) is 13.2 Å². The van der Waals surface area contributed by atoms with Crippen LogP contribution in [0.25, 0.3) is 0 Å². The highest BCUT2D eigenvalue weighted by atomic mass is 28.5. The zero-order valence-corrected chi connectivity index (χ0v) is 32.1. The Morgan fingerprint density at radius 2 is 0.651 bits per heavy atom. The van der Waals surface area contributed by atoms with Crippen LogP contribution in [0.2, 0.25) is 26.2 Å². The minimum absolute atomic E-state index is 1.05. The molecular weight excluding hydrogens is 633 g/mol. The molecule has 0 heterocycles. The second kappa shape index (κ2) is 16.0. The van der Waals surface area contributed by atoms with Crippen molar-refractivity contribution in [1.29, 1.82) is 0 Å². The molecule has 4 rings (SSSR count). The lowest BCUT2D eigenvalue weighted by Gasteiger charge is -2.33. The van der Waals surface area contributed by atoms with Gasteiger partial charge in [0.1, 0.15) is 0 Å². The SMILES string of the molecule is C=C[Si](C)(C)O[SiH](O[SiH](O[SiH](O[SiH](O[Si](C)(C)C=C)c1ccccc1)c1ccccc1)c1ccccc1)c1ccccc1. The third-order valence-electron chi connectivity index (χ3n) is 6.83. The van der Waals surface area contributed by atoms with Crippen LogP contribution >= 0.6 is 0 Å². The van der Waals surface area contributed by atoms with Gasteiger partial charge >= 0.3 is 37.1 Å². The van der Waals surface area contributed by atoms with E-state index in [4.69, 9.17) is 20.6 Å². The average molecular weight is 675 g/mol. The maximum Gasteiger partial charge on any atom is 0.338 e. The highest BCUT2D eigenvalue weighted by Crippen LogP contribution is 2.13. The molecule has 0 aliphatic rings. The molecule has 4 aromatic rings. The van der Waals surface area contributed by atoms with Gasteiger partial charge in [-0.3, -0.25) is 0 Å². The molecule has 0 saturated heterocycles. The van der Waals surface area contributed by atoms with Crippen LogP contribution in [-0.2, 0) is 20.6 Å². The van der Waals surface area contributed by atoms with E-state index >= 15 is 0 Å². The summed E-state index contributed by atoms with van der Waals surface area (Å²) in [6.07, 6.45) is 0. The molecular formula is C32H42O5Si6. The molecule has 0 amide bonds. The van der Waals surface area contributed by atoms with Crippen molar-refractivity contribution >= 4 is 74.5 Å². The van der Waals surface area contributed by atoms with Crippen molar-refractivity contribution in [2.24, 2.45) is 0 Å². The van der Waals surface area contributed by atoms with Gasteiger partial charge in [-0.05, 0) is 46.9 Å². The van der Waals surface area contributed by atoms with Crippen molar-refractivity contribution in [3.05, 3.63) is 146 Å². The van der Waals surface area contributed by atoms with Gasteiger partial charge in [0.2, 0.25) is 0 Å². The lowest BCUT2D eigenvalue weighted by Crippen LogP contribution is -2.57. The van der Waals surface area contributed by atoms with E-state index in [0.717, 1.165) is 20.7 Å². The van der Waals surface area contributed by atoms with E-state index in [1.807, 2.05) is 84.2 Å². The van der Waals surface area contributed by atoms with E-state index in [1.54, 1.807) is 0 Å². The van der Waals surface area contributed by atoms with Gasteiger partial charge in [-0.25, -0.2) is 0 Å². The summed E-state index contributed by atoms with van der Waals surface area (Å²) >= 11 is 0. The monoisotopic (exact) mass is 674 g/mol. The van der Waals surface area contributed by atoms with Crippen molar-refractivity contribution in [1.82, 2.24) is 0 Å². The Bertz CT molecular complexity index is 1300. The van der Waals surface area contributed by atoms with Gasteiger partial charge in [0.05, 0.1) is 0 Å². The summed E-state index contributed by atoms with van der Waals surface area (Å²) in [6.45, 7) is 16.7.